The number of rotatable bonds is 4. The van der Waals surface area contributed by atoms with E-state index >= 15 is 0 Å². The van der Waals surface area contributed by atoms with Gasteiger partial charge in [-0.2, -0.15) is 0 Å². The molecule has 1 unspecified atom stereocenters. The van der Waals surface area contributed by atoms with Crippen molar-refractivity contribution in [1.82, 2.24) is 4.98 Å². The van der Waals surface area contributed by atoms with Gasteiger partial charge in [-0.3, -0.25) is 4.98 Å². The molecule has 0 radical (unpaired) electrons. The molecular weight excluding hydrogens is 264 g/mol. The normalized spacial score (nSPS) is 13.6. The molecule has 1 heterocycles. The molecule has 0 saturated carbocycles. The van der Waals surface area contributed by atoms with E-state index in [-0.39, 0.29) is 0 Å². The first-order chi connectivity index (χ1) is 9.02. The summed E-state index contributed by atoms with van der Waals surface area (Å²) in [6.07, 6.45) is 3.14. The van der Waals surface area contributed by atoms with Gasteiger partial charge in [0.2, 0.25) is 0 Å². The van der Waals surface area contributed by atoms with Crippen molar-refractivity contribution in [3.63, 3.8) is 0 Å². The van der Waals surface area contributed by atoms with Crippen LogP contribution in [0, 0.1) is 0 Å². The summed E-state index contributed by atoms with van der Waals surface area (Å²) in [6, 6.07) is 10.4. The number of hydrogen-bond donors (Lipinski definition) is 2. The predicted molar refractivity (Wildman–Crippen MR) is 74.3 cm³/mol. The summed E-state index contributed by atoms with van der Waals surface area (Å²) in [6.45, 7) is 1.59. The van der Waals surface area contributed by atoms with Gasteiger partial charge in [0.15, 0.2) is 5.54 Å². The Morgan fingerprint density at radius 2 is 2.16 bits per heavy atom. The lowest BCUT2D eigenvalue weighted by molar-refractivity contribution is -0.142. The molecule has 2 aromatic rings. The van der Waals surface area contributed by atoms with E-state index in [0.717, 1.165) is 0 Å². The zero-order chi connectivity index (χ0) is 13.9. The van der Waals surface area contributed by atoms with Gasteiger partial charge >= 0.3 is 5.97 Å². The van der Waals surface area contributed by atoms with E-state index in [1.807, 2.05) is 0 Å². The molecule has 0 aliphatic heterocycles. The largest absolute Gasteiger partial charge is 0.479 e. The van der Waals surface area contributed by atoms with Crippen LogP contribution in [0.2, 0.25) is 5.02 Å². The van der Waals surface area contributed by atoms with Gasteiger partial charge in [-0.1, -0.05) is 23.7 Å². The maximum Gasteiger partial charge on any atom is 0.333 e. The number of aliphatic carboxylic acids is 1. The lowest BCUT2D eigenvalue weighted by Gasteiger charge is -2.27. The molecule has 0 aliphatic carbocycles. The molecule has 0 amide bonds. The van der Waals surface area contributed by atoms with E-state index in [1.54, 1.807) is 49.5 Å². The van der Waals surface area contributed by atoms with Crippen molar-refractivity contribution in [2.45, 2.75) is 12.5 Å². The number of carboxylic acid groups (broad SMARTS) is 1. The molecule has 19 heavy (non-hydrogen) atoms. The number of aromatic nitrogens is 1. The average Bonchev–Trinajstić information content (AvgIpc) is 2.39. The van der Waals surface area contributed by atoms with Crippen molar-refractivity contribution in [1.29, 1.82) is 0 Å². The number of anilines is 1. The molecule has 0 saturated heterocycles. The van der Waals surface area contributed by atoms with Crippen molar-refractivity contribution < 1.29 is 9.90 Å². The van der Waals surface area contributed by atoms with Crippen LogP contribution in [0.1, 0.15) is 12.5 Å². The summed E-state index contributed by atoms with van der Waals surface area (Å²) < 4.78 is 0. The summed E-state index contributed by atoms with van der Waals surface area (Å²) in [5.74, 6) is -0.986. The Balaban J connectivity index is 2.39. The van der Waals surface area contributed by atoms with Gasteiger partial charge in [-0.05, 0) is 31.2 Å². The van der Waals surface area contributed by atoms with Gasteiger partial charge in [0.25, 0.3) is 0 Å². The zero-order valence-corrected chi connectivity index (χ0v) is 11.1. The first-order valence-electron chi connectivity index (χ1n) is 5.70. The Kier molecular flexibility index (Phi) is 3.71. The molecule has 0 spiro atoms. The van der Waals surface area contributed by atoms with E-state index in [4.69, 9.17) is 11.6 Å². The van der Waals surface area contributed by atoms with Crippen LogP contribution in [0.4, 0.5) is 5.69 Å². The number of nitrogens with zero attached hydrogens (tertiary/aromatic N) is 1. The smallest absolute Gasteiger partial charge is 0.333 e. The number of benzene rings is 1. The van der Waals surface area contributed by atoms with Crippen LogP contribution in [0.3, 0.4) is 0 Å². The van der Waals surface area contributed by atoms with Crippen molar-refractivity contribution in [3.05, 3.63) is 59.4 Å². The first-order valence-corrected chi connectivity index (χ1v) is 6.08. The molecule has 2 N–H and O–H groups in total. The standard InChI is InChI=1S/C14H13ClN2O2/c1-14(13(18)19,10-4-3-7-16-9-10)17-12-6-2-5-11(15)8-12/h2-9,17H,1H3,(H,18,19). The van der Waals surface area contributed by atoms with E-state index < -0.39 is 11.5 Å². The first kappa shape index (κ1) is 13.4. The Morgan fingerprint density at radius 3 is 2.74 bits per heavy atom. The third-order valence-corrected chi connectivity index (χ3v) is 3.12. The lowest BCUT2D eigenvalue weighted by atomic mass is 9.93. The molecule has 1 aromatic carbocycles. The summed E-state index contributed by atoms with van der Waals surface area (Å²) in [5, 5.41) is 13.0. The van der Waals surface area contributed by atoms with Gasteiger partial charge in [0.05, 0.1) is 0 Å². The van der Waals surface area contributed by atoms with Crippen LogP contribution >= 0.6 is 11.6 Å². The van der Waals surface area contributed by atoms with Gasteiger partial charge < -0.3 is 10.4 Å². The number of halogens is 1. The van der Waals surface area contributed by atoms with E-state index in [1.165, 1.54) is 6.20 Å². The number of hydrogen-bond acceptors (Lipinski definition) is 3. The topological polar surface area (TPSA) is 62.2 Å². The van der Waals surface area contributed by atoms with Gasteiger partial charge in [-0.25, -0.2) is 4.79 Å². The molecule has 0 aliphatic rings. The van der Waals surface area contributed by atoms with E-state index in [2.05, 4.69) is 10.3 Å². The zero-order valence-electron chi connectivity index (χ0n) is 10.3. The molecule has 4 nitrogen and oxygen atoms in total. The van der Waals surface area contributed by atoms with Crippen molar-refractivity contribution in [2.75, 3.05) is 5.32 Å². The van der Waals surface area contributed by atoms with Gasteiger partial charge in [-0.15, -0.1) is 0 Å². The fourth-order valence-electron chi connectivity index (χ4n) is 1.76. The highest BCUT2D eigenvalue weighted by atomic mass is 35.5. The Labute approximate surface area is 116 Å². The second-order valence-electron chi connectivity index (χ2n) is 4.31. The van der Waals surface area contributed by atoms with Crippen LogP contribution in [-0.4, -0.2) is 16.1 Å². The Morgan fingerprint density at radius 1 is 1.37 bits per heavy atom. The predicted octanol–water partition coefficient (Wildman–Crippen LogP) is 3.15. The van der Waals surface area contributed by atoms with E-state index in [9.17, 15) is 9.90 Å². The SMILES string of the molecule is CC(Nc1cccc(Cl)c1)(C(=O)O)c1cccnc1. The van der Waals surface area contributed by atoms with Crippen LogP contribution in [-0.2, 0) is 10.3 Å². The second-order valence-corrected chi connectivity index (χ2v) is 4.74. The summed E-state index contributed by atoms with van der Waals surface area (Å²) >= 11 is 5.90. The fraction of sp³-hybridized carbons (Fsp3) is 0.143. The minimum atomic E-state index is -1.26. The number of carbonyl (C=O) groups is 1. The fourth-order valence-corrected chi connectivity index (χ4v) is 1.95. The van der Waals surface area contributed by atoms with Crippen molar-refractivity contribution in [3.8, 4) is 0 Å². The van der Waals surface area contributed by atoms with E-state index in [0.29, 0.717) is 16.3 Å². The Bertz CT molecular complexity index is 589. The minimum absolute atomic E-state index is 0.545. The highest BCUT2D eigenvalue weighted by Gasteiger charge is 2.35. The third-order valence-electron chi connectivity index (χ3n) is 2.89. The van der Waals surface area contributed by atoms with Crippen molar-refractivity contribution >= 4 is 23.3 Å². The highest BCUT2D eigenvalue weighted by Crippen LogP contribution is 2.27. The summed E-state index contributed by atoms with van der Waals surface area (Å²) in [5.41, 5.74) is -0.0532. The monoisotopic (exact) mass is 276 g/mol. The molecular formula is C14H13ClN2O2. The summed E-state index contributed by atoms with van der Waals surface area (Å²) in [7, 11) is 0. The molecule has 0 bridgehead atoms. The maximum atomic E-state index is 11.6. The summed E-state index contributed by atoms with van der Waals surface area (Å²) in [4.78, 5) is 15.6. The lowest BCUT2D eigenvalue weighted by Crippen LogP contribution is -2.40. The highest BCUT2D eigenvalue weighted by molar-refractivity contribution is 6.30. The molecule has 1 aromatic heterocycles. The second kappa shape index (κ2) is 5.28. The van der Waals surface area contributed by atoms with Gasteiger partial charge in [0, 0.05) is 28.7 Å². The van der Waals surface area contributed by atoms with Crippen LogP contribution in [0.15, 0.2) is 48.8 Å². The number of carboxylic acids is 1. The molecule has 2 rings (SSSR count). The third kappa shape index (κ3) is 2.85. The minimum Gasteiger partial charge on any atom is -0.479 e. The quantitative estimate of drug-likeness (QED) is 0.900. The number of nitrogens with one attached hydrogen (secondary N) is 1. The molecule has 5 heteroatoms. The van der Waals surface area contributed by atoms with Crippen LogP contribution in [0.5, 0.6) is 0 Å². The van der Waals surface area contributed by atoms with Crippen molar-refractivity contribution in [2.24, 2.45) is 0 Å². The number of pyridine rings is 1. The average molecular weight is 277 g/mol. The van der Waals surface area contributed by atoms with Crippen LogP contribution < -0.4 is 5.32 Å². The van der Waals surface area contributed by atoms with Gasteiger partial charge in [0.1, 0.15) is 0 Å². The molecule has 1 atom stereocenters. The van der Waals surface area contributed by atoms with Crippen LogP contribution in [0.25, 0.3) is 0 Å². The molecule has 0 fully saturated rings. The molecule has 98 valence electrons. The Hall–Kier alpha value is -2.07. The maximum absolute atomic E-state index is 11.6.